The first-order valence-corrected chi connectivity index (χ1v) is 8.01. The molecule has 0 saturated heterocycles. The van der Waals surface area contributed by atoms with Gasteiger partial charge in [0.05, 0.1) is 0 Å². The third-order valence-corrected chi connectivity index (χ3v) is 3.64. The second-order valence-corrected chi connectivity index (χ2v) is 6.57. The van der Waals surface area contributed by atoms with Crippen molar-refractivity contribution < 1.29 is 0 Å². The van der Waals surface area contributed by atoms with E-state index in [2.05, 4.69) is 71.3 Å². The van der Waals surface area contributed by atoms with Crippen LogP contribution in [-0.4, -0.2) is 31.6 Å². The van der Waals surface area contributed by atoms with Crippen LogP contribution in [0, 0.1) is 5.92 Å². The lowest BCUT2D eigenvalue weighted by molar-refractivity contribution is 0.323. The van der Waals surface area contributed by atoms with Gasteiger partial charge in [-0.3, -0.25) is 0 Å². The van der Waals surface area contributed by atoms with Crippen LogP contribution in [0.25, 0.3) is 0 Å². The van der Waals surface area contributed by atoms with Crippen molar-refractivity contribution in [1.29, 1.82) is 0 Å². The van der Waals surface area contributed by atoms with Crippen molar-refractivity contribution in [2.45, 2.75) is 33.2 Å². The minimum absolute atomic E-state index is 0.820. The standard InChI is InChI=1S/C16H27BrN2/c1-14(2)6-5-9-18-10-11-19(3)13-15-7-4-8-16(17)12-15/h4,7-8,12,14,18H,5-6,9-11,13H2,1-3H3. The van der Waals surface area contributed by atoms with Crippen LogP contribution < -0.4 is 5.32 Å². The summed E-state index contributed by atoms with van der Waals surface area (Å²) in [6.07, 6.45) is 2.61. The fraction of sp³-hybridized carbons (Fsp3) is 0.625. The molecule has 0 aromatic heterocycles. The van der Waals surface area contributed by atoms with Gasteiger partial charge in [0.25, 0.3) is 0 Å². The van der Waals surface area contributed by atoms with Crippen molar-refractivity contribution in [3.05, 3.63) is 34.3 Å². The van der Waals surface area contributed by atoms with Crippen molar-refractivity contribution in [2.75, 3.05) is 26.7 Å². The van der Waals surface area contributed by atoms with Crippen LogP contribution in [0.15, 0.2) is 28.7 Å². The van der Waals surface area contributed by atoms with E-state index in [1.807, 2.05) is 0 Å². The van der Waals surface area contributed by atoms with Crippen molar-refractivity contribution >= 4 is 15.9 Å². The minimum atomic E-state index is 0.820. The Morgan fingerprint density at radius 1 is 1.26 bits per heavy atom. The van der Waals surface area contributed by atoms with E-state index in [0.717, 1.165) is 36.6 Å². The Hall–Kier alpha value is -0.380. The fourth-order valence-electron chi connectivity index (χ4n) is 2.06. The molecule has 0 saturated carbocycles. The summed E-state index contributed by atoms with van der Waals surface area (Å²) in [5.74, 6) is 0.820. The molecule has 0 fully saturated rings. The molecule has 0 bridgehead atoms. The van der Waals surface area contributed by atoms with Gasteiger partial charge in [0.1, 0.15) is 0 Å². The Balaban J connectivity index is 2.09. The summed E-state index contributed by atoms with van der Waals surface area (Å²) in [6, 6.07) is 8.53. The highest BCUT2D eigenvalue weighted by molar-refractivity contribution is 9.10. The Labute approximate surface area is 126 Å². The summed E-state index contributed by atoms with van der Waals surface area (Å²) >= 11 is 3.51. The second kappa shape index (κ2) is 9.51. The van der Waals surface area contributed by atoms with E-state index >= 15 is 0 Å². The molecule has 1 rings (SSSR count). The molecule has 0 unspecified atom stereocenters. The zero-order chi connectivity index (χ0) is 14.1. The zero-order valence-electron chi connectivity index (χ0n) is 12.5. The van der Waals surface area contributed by atoms with Gasteiger partial charge in [0.15, 0.2) is 0 Å². The number of hydrogen-bond acceptors (Lipinski definition) is 2. The van der Waals surface area contributed by atoms with Crippen molar-refractivity contribution in [3.8, 4) is 0 Å². The van der Waals surface area contributed by atoms with Gasteiger partial charge < -0.3 is 10.2 Å². The highest BCUT2D eigenvalue weighted by atomic mass is 79.9. The Bertz CT molecular complexity index is 352. The van der Waals surface area contributed by atoms with E-state index in [-0.39, 0.29) is 0 Å². The summed E-state index contributed by atoms with van der Waals surface area (Å²) in [6.45, 7) is 8.88. The van der Waals surface area contributed by atoms with E-state index < -0.39 is 0 Å². The summed E-state index contributed by atoms with van der Waals surface area (Å²) < 4.78 is 1.16. The topological polar surface area (TPSA) is 15.3 Å². The predicted molar refractivity (Wildman–Crippen MR) is 87.4 cm³/mol. The third-order valence-electron chi connectivity index (χ3n) is 3.15. The molecular weight excluding hydrogens is 300 g/mol. The summed E-state index contributed by atoms with van der Waals surface area (Å²) in [4.78, 5) is 2.36. The number of nitrogens with zero attached hydrogens (tertiary/aromatic N) is 1. The van der Waals surface area contributed by atoms with Crippen LogP contribution in [0.2, 0.25) is 0 Å². The molecule has 3 heteroatoms. The molecular formula is C16H27BrN2. The van der Waals surface area contributed by atoms with Crippen LogP contribution in [0.1, 0.15) is 32.3 Å². The molecule has 108 valence electrons. The quantitative estimate of drug-likeness (QED) is 0.692. The van der Waals surface area contributed by atoms with E-state index in [1.54, 1.807) is 0 Å². The molecule has 0 aliphatic heterocycles. The first kappa shape index (κ1) is 16.7. The molecule has 19 heavy (non-hydrogen) atoms. The number of halogens is 1. The lowest BCUT2D eigenvalue weighted by atomic mass is 10.1. The highest BCUT2D eigenvalue weighted by Crippen LogP contribution is 2.12. The fourth-order valence-corrected chi connectivity index (χ4v) is 2.50. The second-order valence-electron chi connectivity index (χ2n) is 5.65. The number of likely N-dealkylation sites (N-methyl/N-ethyl adjacent to an activating group) is 1. The molecule has 1 aromatic rings. The summed E-state index contributed by atoms with van der Waals surface area (Å²) in [5, 5.41) is 3.52. The lowest BCUT2D eigenvalue weighted by Crippen LogP contribution is -2.29. The maximum absolute atomic E-state index is 3.52. The smallest absolute Gasteiger partial charge is 0.0231 e. The van der Waals surface area contributed by atoms with Crippen LogP contribution in [0.4, 0.5) is 0 Å². The van der Waals surface area contributed by atoms with Crippen LogP contribution in [-0.2, 0) is 6.54 Å². The molecule has 0 atom stereocenters. The highest BCUT2D eigenvalue weighted by Gasteiger charge is 2.00. The first-order valence-electron chi connectivity index (χ1n) is 7.21. The number of benzene rings is 1. The van der Waals surface area contributed by atoms with Gasteiger partial charge in [-0.05, 0) is 50.0 Å². The van der Waals surface area contributed by atoms with E-state index in [9.17, 15) is 0 Å². The van der Waals surface area contributed by atoms with Crippen LogP contribution in [0.5, 0.6) is 0 Å². The third kappa shape index (κ3) is 8.40. The molecule has 2 nitrogen and oxygen atoms in total. The molecule has 1 N–H and O–H groups in total. The molecule has 0 radical (unpaired) electrons. The molecule has 0 amide bonds. The van der Waals surface area contributed by atoms with Gasteiger partial charge in [-0.1, -0.05) is 41.9 Å². The average molecular weight is 327 g/mol. The number of rotatable bonds is 9. The maximum Gasteiger partial charge on any atom is 0.0231 e. The summed E-state index contributed by atoms with van der Waals surface area (Å²) in [7, 11) is 2.18. The summed E-state index contributed by atoms with van der Waals surface area (Å²) in [5.41, 5.74) is 1.36. The van der Waals surface area contributed by atoms with E-state index in [1.165, 1.54) is 18.4 Å². The first-order chi connectivity index (χ1) is 9.08. The van der Waals surface area contributed by atoms with Gasteiger partial charge in [-0.2, -0.15) is 0 Å². The number of nitrogens with one attached hydrogen (secondary N) is 1. The predicted octanol–water partition coefficient (Wildman–Crippen LogP) is 3.91. The minimum Gasteiger partial charge on any atom is -0.315 e. The monoisotopic (exact) mass is 326 g/mol. The molecule has 1 aromatic carbocycles. The van der Waals surface area contributed by atoms with Gasteiger partial charge in [0, 0.05) is 24.1 Å². The van der Waals surface area contributed by atoms with E-state index in [0.29, 0.717) is 0 Å². The Morgan fingerprint density at radius 3 is 2.74 bits per heavy atom. The molecule has 0 heterocycles. The van der Waals surface area contributed by atoms with Gasteiger partial charge in [-0.15, -0.1) is 0 Å². The van der Waals surface area contributed by atoms with Gasteiger partial charge >= 0.3 is 0 Å². The number of hydrogen-bond donors (Lipinski definition) is 1. The molecule has 0 aliphatic rings. The van der Waals surface area contributed by atoms with E-state index in [4.69, 9.17) is 0 Å². The average Bonchev–Trinajstić information content (AvgIpc) is 2.33. The van der Waals surface area contributed by atoms with Crippen LogP contribution >= 0.6 is 15.9 Å². The normalized spacial score (nSPS) is 11.5. The molecule has 0 spiro atoms. The maximum atomic E-state index is 3.52. The van der Waals surface area contributed by atoms with Crippen molar-refractivity contribution in [1.82, 2.24) is 10.2 Å². The van der Waals surface area contributed by atoms with Crippen molar-refractivity contribution in [2.24, 2.45) is 5.92 Å². The SMILES string of the molecule is CC(C)CCCNCCN(C)Cc1cccc(Br)c1. The Kier molecular flexibility index (Phi) is 8.35. The van der Waals surface area contributed by atoms with Crippen LogP contribution in [0.3, 0.4) is 0 Å². The van der Waals surface area contributed by atoms with Crippen molar-refractivity contribution in [3.63, 3.8) is 0 Å². The molecule has 0 aliphatic carbocycles. The lowest BCUT2D eigenvalue weighted by Gasteiger charge is -2.17. The Morgan fingerprint density at radius 2 is 2.05 bits per heavy atom. The largest absolute Gasteiger partial charge is 0.315 e. The van der Waals surface area contributed by atoms with Gasteiger partial charge in [0.2, 0.25) is 0 Å². The zero-order valence-corrected chi connectivity index (χ0v) is 14.0. The van der Waals surface area contributed by atoms with Gasteiger partial charge in [-0.25, -0.2) is 0 Å².